The van der Waals surface area contributed by atoms with Crippen LogP contribution in [-0.4, -0.2) is 33.7 Å². The second kappa shape index (κ2) is 5.31. The lowest BCUT2D eigenvalue weighted by molar-refractivity contribution is 0.322. The van der Waals surface area contributed by atoms with Gasteiger partial charge >= 0.3 is 5.69 Å². The van der Waals surface area contributed by atoms with E-state index in [0.29, 0.717) is 6.54 Å². The molecule has 0 atom stereocenters. The van der Waals surface area contributed by atoms with Crippen LogP contribution in [0, 0.1) is 0 Å². The summed E-state index contributed by atoms with van der Waals surface area (Å²) >= 11 is 0. The van der Waals surface area contributed by atoms with Crippen LogP contribution < -0.4 is 11.2 Å². The number of hydrogen-bond acceptors (Lipinski definition) is 3. The Balaban J connectivity index is 1.96. The van der Waals surface area contributed by atoms with Gasteiger partial charge in [0.25, 0.3) is 5.56 Å². The van der Waals surface area contributed by atoms with E-state index in [9.17, 15) is 9.59 Å². The first-order valence-corrected chi connectivity index (χ1v) is 6.17. The summed E-state index contributed by atoms with van der Waals surface area (Å²) < 4.78 is 2.76. The molecule has 1 aliphatic rings. The second-order valence-electron chi connectivity index (χ2n) is 4.60. The first-order chi connectivity index (χ1) is 8.18. The van der Waals surface area contributed by atoms with Crippen molar-refractivity contribution in [3.63, 3.8) is 0 Å². The van der Waals surface area contributed by atoms with E-state index in [2.05, 4.69) is 4.90 Å². The van der Waals surface area contributed by atoms with Crippen molar-refractivity contribution in [2.75, 3.05) is 19.6 Å². The molecule has 2 heterocycles. The molecule has 2 rings (SSSR count). The highest BCUT2D eigenvalue weighted by Gasteiger charge is 2.11. The molecule has 0 N–H and O–H groups in total. The van der Waals surface area contributed by atoms with Crippen LogP contribution in [0.5, 0.6) is 0 Å². The van der Waals surface area contributed by atoms with E-state index < -0.39 is 0 Å². The van der Waals surface area contributed by atoms with E-state index in [4.69, 9.17) is 0 Å². The molecule has 5 nitrogen and oxygen atoms in total. The molecule has 0 aliphatic carbocycles. The first-order valence-electron chi connectivity index (χ1n) is 6.17. The van der Waals surface area contributed by atoms with Crippen LogP contribution in [0.25, 0.3) is 0 Å². The maximum atomic E-state index is 11.7. The van der Waals surface area contributed by atoms with Gasteiger partial charge in [-0.3, -0.25) is 9.36 Å². The molecule has 1 fully saturated rings. The maximum Gasteiger partial charge on any atom is 0.330 e. The van der Waals surface area contributed by atoms with Crippen LogP contribution in [-0.2, 0) is 13.6 Å². The molecule has 1 aromatic rings. The molecule has 1 saturated heterocycles. The van der Waals surface area contributed by atoms with Crippen molar-refractivity contribution in [1.29, 1.82) is 0 Å². The zero-order valence-corrected chi connectivity index (χ0v) is 10.3. The SMILES string of the molecule is Cn1ccc(=O)n(CCCN2CCCC2)c1=O. The Bertz CT molecular complexity index is 483. The molecule has 94 valence electrons. The Morgan fingerprint density at radius 3 is 2.59 bits per heavy atom. The topological polar surface area (TPSA) is 47.2 Å². The van der Waals surface area contributed by atoms with Crippen molar-refractivity contribution < 1.29 is 0 Å². The average molecular weight is 237 g/mol. The smallest absolute Gasteiger partial charge is 0.303 e. The highest BCUT2D eigenvalue weighted by molar-refractivity contribution is 4.85. The van der Waals surface area contributed by atoms with Gasteiger partial charge in [-0.05, 0) is 38.9 Å². The molecular formula is C12H19N3O2. The van der Waals surface area contributed by atoms with Gasteiger partial charge in [-0.15, -0.1) is 0 Å². The van der Waals surface area contributed by atoms with Gasteiger partial charge in [0.1, 0.15) is 0 Å². The summed E-state index contributed by atoms with van der Waals surface area (Å²) in [5.41, 5.74) is -0.423. The molecule has 17 heavy (non-hydrogen) atoms. The van der Waals surface area contributed by atoms with Crippen molar-refractivity contribution >= 4 is 0 Å². The first kappa shape index (κ1) is 12.1. The summed E-state index contributed by atoms with van der Waals surface area (Å²) in [7, 11) is 1.67. The second-order valence-corrected chi connectivity index (χ2v) is 4.60. The number of nitrogens with zero attached hydrogens (tertiary/aromatic N) is 3. The fourth-order valence-corrected chi connectivity index (χ4v) is 2.28. The Hall–Kier alpha value is -1.36. The molecular weight excluding hydrogens is 218 g/mol. The minimum absolute atomic E-state index is 0.200. The van der Waals surface area contributed by atoms with Gasteiger partial charge in [-0.2, -0.15) is 0 Å². The maximum absolute atomic E-state index is 11.7. The number of aromatic nitrogens is 2. The highest BCUT2D eigenvalue weighted by Crippen LogP contribution is 2.07. The van der Waals surface area contributed by atoms with Gasteiger partial charge in [0.15, 0.2) is 0 Å². The van der Waals surface area contributed by atoms with Crippen LogP contribution in [0.4, 0.5) is 0 Å². The van der Waals surface area contributed by atoms with Gasteiger partial charge < -0.3 is 9.47 Å². The minimum atomic E-state index is -0.223. The normalized spacial score (nSPS) is 16.5. The Morgan fingerprint density at radius 2 is 1.88 bits per heavy atom. The van der Waals surface area contributed by atoms with E-state index >= 15 is 0 Å². The molecule has 1 aliphatic heterocycles. The molecule has 0 radical (unpaired) electrons. The Kier molecular flexibility index (Phi) is 3.78. The quantitative estimate of drug-likeness (QED) is 0.742. The predicted molar refractivity (Wildman–Crippen MR) is 66.2 cm³/mol. The van der Waals surface area contributed by atoms with Gasteiger partial charge in [-0.1, -0.05) is 0 Å². The summed E-state index contributed by atoms with van der Waals surface area (Å²) in [4.78, 5) is 25.7. The Morgan fingerprint density at radius 1 is 1.18 bits per heavy atom. The van der Waals surface area contributed by atoms with Gasteiger partial charge in [0.2, 0.25) is 0 Å². The molecule has 0 spiro atoms. The summed E-state index contributed by atoms with van der Waals surface area (Å²) in [6.07, 6.45) is 4.92. The third-order valence-corrected chi connectivity index (χ3v) is 3.29. The van der Waals surface area contributed by atoms with E-state index in [1.165, 1.54) is 34.2 Å². The van der Waals surface area contributed by atoms with E-state index in [1.807, 2.05) is 0 Å². The van der Waals surface area contributed by atoms with Gasteiger partial charge in [-0.25, -0.2) is 4.79 Å². The van der Waals surface area contributed by atoms with Crippen molar-refractivity contribution in [3.8, 4) is 0 Å². The zero-order chi connectivity index (χ0) is 12.3. The monoisotopic (exact) mass is 237 g/mol. The number of hydrogen-bond donors (Lipinski definition) is 0. The van der Waals surface area contributed by atoms with E-state index in [1.54, 1.807) is 7.05 Å². The molecule has 0 aromatic carbocycles. The molecule has 0 bridgehead atoms. The summed E-state index contributed by atoms with van der Waals surface area (Å²) in [6.45, 7) is 3.80. The van der Waals surface area contributed by atoms with Crippen LogP contribution in [0.2, 0.25) is 0 Å². The van der Waals surface area contributed by atoms with E-state index in [-0.39, 0.29) is 11.2 Å². The standard InChI is InChI=1S/C12H19N3O2/c1-13-10-5-11(16)15(12(13)17)9-4-8-14-6-2-3-7-14/h5,10H,2-4,6-9H2,1H3. The average Bonchev–Trinajstić information content (AvgIpc) is 2.81. The van der Waals surface area contributed by atoms with Gasteiger partial charge in [0, 0.05) is 25.9 Å². The summed E-state index contributed by atoms with van der Waals surface area (Å²) in [5.74, 6) is 0. The minimum Gasteiger partial charge on any atom is -0.303 e. The third kappa shape index (κ3) is 2.85. The highest BCUT2D eigenvalue weighted by atomic mass is 16.2. The Labute approximate surface area is 100 Å². The van der Waals surface area contributed by atoms with Crippen molar-refractivity contribution in [2.24, 2.45) is 7.05 Å². The molecule has 0 unspecified atom stereocenters. The molecule has 5 heteroatoms. The fraction of sp³-hybridized carbons (Fsp3) is 0.667. The summed E-state index contributed by atoms with van der Waals surface area (Å²) in [6, 6.07) is 1.44. The van der Waals surface area contributed by atoms with Crippen molar-refractivity contribution in [1.82, 2.24) is 14.0 Å². The van der Waals surface area contributed by atoms with Crippen molar-refractivity contribution in [3.05, 3.63) is 33.1 Å². The van der Waals surface area contributed by atoms with Crippen LogP contribution >= 0.6 is 0 Å². The fourth-order valence-electron chi connectivity index (χ4n) is 2.28. The van der Waals surface area contributed by atoms with Crippen LogP contribution in [0.1, 0.15) is 19.3 Å². The lowest BCUT2D eigenvalue weighted by Gasteiger charge is -2.14. The number of likely N-dealkylation sites (tertiary alicyclic amines) is 1. The van der Waals surface area contributed by atoms with Gasteiger partial charge in [0.05, 0.1) is 0 Å². The van der Waals surface area contributed by atoms with E-state index in [0.717, 1.165) is 26.1 Å². The predicted octanol–water partition coefficient (Wildman–Crippen LogP) is 0.0329. The van der Waals surface area contributed by atoms with Crippen LogP contribution in [0.15, 0.2) is 21.9 Å². The summed E-state index contributed by atoms with van der Waals surface area (Å²) in [5, 5.41) is 0. The lowest BCUT2D eigenvalue weighted by Crippen LogP contribution is -2.38. The largest absolute Gasteiger partial charge is 0.330 e. The van der Waals surface area contributed by atoms with Crippen molar-refractivity contribution in [2.45, 2.75) is 25.8 Å². The molecule has 0 saturated carbocycles. The molecule has 0 amide bonds. The number of aryl methyl sites for hydroxylation is 1. The molecule has 1 aromatic heterocycles. The third-order valence-electron chi connectivity index (χ3n) is 3.29. The lowest BCUT2D eigenvalue weighted by atomic mass is 10.4. The van der Waals surface area contributed by atoms with Crippen LogP contribution in [0.3, 0.4) is 0 Å². The number of rotatable bonds is 4. The zero-order valence-electron chi connectivity index (χ0n) is 10.3.